The smallest absolute Gasteiger partial charge is 0.243 e. The van der Waals surface area contributed by atoms with Crippen molar-refractivity contribution >= 4 is 27.7 Å². The standard InChI is InChI=1S/C25H38N6O5S/c1-18-12-21(36-7)13-19(2)25(18)37(34,35)31(6)17-23(32)28-15-24(33)30(5)16-20-8-9-22(27-14-20)26-10-11-29(3)4/h8-9,12-14H,10-11,15-17H2,1-7H3,(H,26,27)(H,28,32). The van der Waals surface area contributed by atoms with E-state index in [0.29, 0.717) is 23.4 Å². The number of hydrogen-bond donors (Lipinski definition) is 2. The van der Waals surface area contributed by atoms with Crippen LogP contribution in [0.4, 0.5) is 5.82 Å². The molecular weight excluding hydrogens is 496 g/mol. The second-order valence-corrected chi connectivity index (χ2v) is 11.1. The predicted octanol–water partition coefficient (Wildman–Crippen LogP) is 1.08. The number of anilines is 1. The molecule has 0 radical (unpaired) electrons. The molecule has 1 aromatic carbocycles. The SMILES string of the molecule is COc1cc(C)c(S(=O)(=O)N(C)CC(=O)NCC(=O)N(C)Cc2ccc(NCCN(C)C)nc2)c(C)c1. The first-order valence-corrected chi connectivity index (χ1v) is 13.2. The molecule has 37 heavy (non-hydrogen) atoms. The summed E-state index contributed by atoms with van der Waals surface area (Å²) in [4.78, 5) is 33.0. The minimum absolute atomic E-state index is 0.131. The minimum atomic E-state index is -3.92. The number of nitrogens with zero attached hydrogens (tertiary/aromatic N) is 4. The van der Waals surface area contributed by atoms with E-state index >= 15 is 0 Å². The zero-order chi connectivity index (χ0) is 27.8. The maximum absolute atomic E-state index is 13.1. The molecule has 2 rings (SSSR count). The third kappa shape index (κ3) is 8.69. The van der Waals surface area contributed by atoms with Crippen LogP contribution in [0.25, 0.3) is 0 Å². The lowest BCUT2D eigenvalue weighted by atomic mass is 10.1. The van der Waals surface area contributed by atoms with Crippen molar-refractivity contribution < 1.29 is 22.7 Å². The van der Waals surface area contributed by atoms with Crippen molar-refractivity contribution in [2.75, 3.05) is 66.8 Å². The van der Waals surface area contributed by atoms with Crippen LogP contribution in [-0.4, -0.2) is 101 Å². The van der Waals surface area contributed by atoms with Crippen molar-refractivity contribution in [3.8, 4) is 5.75 Å². The van der Waals surface area contributed by atoms with E-state index in [1.54, 1.807) is 39.2 Å². The van der Waals surface area contributed by atoms with Crippen LogP contribution < -0.4 is 15.4 Å². The lowest BCUT2D eigenvalue weighted by Gasteiger charge is -2.21. The normalized spacial score (nSPS) is 11.5. The third-order valence-corrected chi connectivity index (χ3v) is 7.79. The highest BCUT2D eigenvalue weighted by Crippen LogP contribution is 2.27. The van der Waals surface area contributed by atoms with Crippen LogP contribution in [0.1, 0.15) is 16.7 Å². The summed E-state index contributed by atoms with van der Waals surface area (Å²) in [5, 5.41) is 5.73. The van der Waals surface area contributed by atoms with E-state index in [9.17, 15) is 18.0 Å². The molecule has 0 bridgehead atoms. The molecule has 0 spiro atoms. The number of rotatable bonds is 13. The summed E-state index contributed by atoms with van der Waals surface area (Å²) in [5.41, 5.74) is 1.89. The van der Waals surface area contributed by atoms with Gasteiger partial charge in [0.25, 0.3) is 0 Å². The summed E-state index contributed by atoms with van der Waals surface area (Å²) in [6.07, 6.45) is 1.70. The molecule has 204 valence electrons. The fourth-order valence-corrected chi connectivity index (χ4v) is 5.17. The Morgan fingerprint density at radius 1 is 1.05 bits per heavy atom. The van der Waals surface area contributed by atoms with Gasteiger partial charge in [-0.25, -0.2) is 13.4 Å². The number of likely N-dealkylation sites (N-methyl/N-ethyl adjacent to an activating group) is 3. The molecule has 0 aliphatic carbocycles. The number of hydrogen-bond acceptors (Lipinski definition) is 8. The topological polar surface area (TPSA) is 124 Å². The lowest BCUT2D eigenvalue weighted by molar-refractivity contribution is -0.132. The van der Waals surface area contributed by atoms with Gasteiger partial charge in [0.1, 0.15) is 11.6 Å². The minimum Gasteiger partial charge on any atom is -0.497 e. The van der Waals surface area contributed by atoms with Crippen molar-refractivity contribution in [1.29, 1.82) is 0 Å². The molecular formula is C25H38N6O5S. The van der Waals surface area contributed by atoms with Gasteiger partial charge in [0.2, 0.25) is 21.8 Å². The number of aryl methyl sites for hydroxylation is 2. The number of benzene rings is 1. The molecule has 0 saturated heterocycles. The first kappa shape index (κ1) is 30.0. The van der Waals surface area contributed by atoms with Crippen molar-refractivity contribution in [1.82, 2.24) is 24.4 Å². The summed E-state index contributed by atoms with van der Waals surface area (Å²) in [5.74, 6) is 0.423. The monoisotopic (exact) mass is 534 g/mol. The second-order valence-electron chi connectivity index (χ2n) is 9.16. The molecule has 0 saturated carbocycles. The molecule has 0 atom stereocenters. The number of pyridine rings is 1. The van der Waals surface area contributed by atoms with Crippen LogP contribution in [0.15, 0.2) is 35.4 Å². The van der Waals surface area contributed by atoms with Crippen molar-refractivity contribution in [2.45, 2.75) is 25.3 Å². The quantitative estimate of drug-likeness (QED) is 0.391. The van der Waals surface area contributed by atoms with Gasteiger partial charge in [-0.05, 0) is 62.8 Å². The molecule has 12 heteroatoms. The molecule has 2 aromatic rings. The zero-order valence-electron chi connectivity index (χ0n) is 22.7. The summed E-state index contributed by atoms with van der Waals surface area (Å²) in [6, 6.07) is 7.00. The van der Waals surface area contributed by atoms with Crippen LogP contribution in [0, 0.1) is 13.8 Å². The number of methoxy groups -OCH3 is 1. The molecule has 0 aliphatic rings. The van der Waals surface area contributed by atoms with Gasteiger partial charge < -0.3 is 25.2 Å². The average Bonchev–Trinajstić information content (AvgIpc) is 2.82. The lowest BCUT2D eigenvalue weighted by Crippen LogP contribution is -2.43. The summed E-state index contributed by atoms with van der Waals surface area (Å²) < 4.78 is 32.3. The molecule has 0 fully saturated rings. The Hall–Kier alpha value is -3.22. The molecule has 1 aromatic heterocycles. The summed E-state index contributed by atoms with van der Waals surface area (Å²) >= 11 is 0. The Morgan fingerprint density at radius 3 is 2.24 bits per heavy atom. The van der Waals surface area contributed by atoms with Gasteiger partial charge in [0.05, 0.1) is 25.1 Å². The van der Waals surface area contributed by atoms with Crippen LogP contribution >= 0.6 is 0 Å². The molecule has 2 amide bonds. The first-order chi connectivity index (χ1) is 17.3. The third-order valence-electron chi connectivity index (χ3n) is 5.68. The Bertz CT molecular complexity index is 1160. The van der Waals surface area contributed by atoms with Gasteiger partial charge in [-0.3, -0.25) is 9.59 Å². The number of aromatic nitrogens is 1. The van der Waals surface area contributed by atoms with Crippen molar-refractivity contribution in [3.05, 3.63) is 47.2 Å². The van der Waals surface area contributed by atoms with Crippen LogP contribution in [-0.2, 0) is 26.2 Å². The van der Waals surface area contributed by atoms with Gasteiger partial charge in [-0.1, -0.05) is 6.07 Å². The Labute approximate surface area is 219 Å². The fraction of sp³-hybridized carbons (Fsp3) is 0.480. The van der Waals surface area contributed by atoms with E-state index < -0.39 is 22.5 Å². The van der Waals surface area contributed by atoms with E-state index in [1.165, 1.54) is 19.1 Å². The first-order valence-electron chi connectivity index (χ1n) is 11.8. The summed E-state index contributed by atoms with van der Waals surface area (Å²) in [6.45, 7) is 4.66. The molecule has 0 unspecified atom stereocenters. The molecule has 1 heterocycles. The largest absolute Gasteiger partial charge is 0.497 e. The van der Waals surface area contributed by atoms with Crippen LogP contribution in [0.5, 0.6) is 5.75 Å². The van der Waals surface area contributed by atoms with E-state index in [-0.39, 0.29) is 17.3 Å². The van der Waals surface area contributed by atoms with Crippen LogP contribution in [0.2, 0.25) is 0 Å². The Morgan fingerprint density at radius 2 is 1.70 bits per heavy atom. The maximum Gasteiger partial charge on any atom is 0.243 e. The number of carbonyl (C=O) groups is 2. The number of sulfonamides is 1. The van der Waals surface area contributed by atoms with E-state index in [0.717, 1.165) is 28.8 Å². The van der Waals surface area contributed by atoms with E-state index in [4.69, 9.17) is 4.74 Å². The highest BCUT2D eigenvalue weighted by molar-refractivity contribution is 7.89. The molecule has 11 nitrogen and oxygen atoms in total. The molecule has 2 N–H and O–H groups in total. The highest BCUT2D eigenvalue weighted by Gasteiger charge is 2.27. The van der Waals surface area contributed by atoms with E-state index in [1.807, 2.05) is 26.2 Å². The van der Waals surface area contributed by atoms with E-state index in [2.05, 4.69) is 20.5 Å². The molecule has 0 aliphatic heterocycles. The van der Waals surface area contributed by atoms with Crippen molar-refractivity contribution in [3.63, 3.8) is 0 Å². The van der Waals surface area contributed by atoms with Gasteiger partial charge in [0, 0.05) is 39.9 Å². The van der Waals surface area contributed by atoms with Gasteiger partial charge in [-0.2, -0.15) is 4.31 Å². The van der Waals surface area contributed by atoms with Gasteiger partial charge in [-0.15, -0.1) is 0 Å². The maximum atomic E-state index is 13.1. The number of nitrogens with one attached hydrogen (secondary N) is 2. The fourth-order valence-electron chi connectivity index (χ4n) is 3.64. The Kier molecular flexibility index (Phi) is 10.8. The van der Waals surface area contributed by atoms with Crippen molar-refractivity contribution in [2.24, 2.45) is 0 Å². The second kappa shape index (κ2) is 13.4. The summed E-state index contributed by atoms with van der Waals surface area (Å²) in [7, 11) is 4.54. The number of ether oxygens (including phenoxy) is 1. The van der Waals surface area contributed by atoms with Crippen LogP contribution in [0.3, 0.4) is 0 Å². The predicted molar refractivity (Wildman–Crippen MR) is 143 cm³/mol. The number of carbonyl (C=O) groups excluding carboxylic acids is 2. The Balaban J connectivity index is 1.87. The number of amides is 2. The average molecular weight is 535 g/mol. The van der Waals surface area contributed by atoms with Gasteiger partial charge in [0.15, 0.2) is 0 Å². The zero-order valence-corrected chi connectivity index (χ0v) is 23.5. The highest BCUT2D eigenvalue weighted by atomic mass is 32.2. The van der Waals surface area contributed by atoms with Gasteiger partial charge >= 0.3 is 0 Å².